The van der Waals surface area contributed by atoms with Crippen molar-refractivity contribution < 1.29 is 9.90 Å². The fourth-order valence-corrected chi connectivity index (χ4v) is 2.28. The Kier molecular flexibility index (Phi) is 3.99. The number of nitrogens with zero attached hydrogens (tertiary/aromatic N) is 2. The fraction of sp³-hybridized carbons (Fsp3) is 0.500. The van der Waals surface area contributed by atoms with E-state index in [9.17, 15) is 4.79 Å². The van der Waals surface area contributed by atoms with Crippen molar-refractivity contribution in [1.82, 2.24) is 9.80 Å². The molecule has 0 aliphatic carbocycles. The summed E-state index contributed by atoms with van der Waals surface area (Å²) in [5, 5.41) is 8.85. The summed E-state index contributed by atoms with van der Waals surface area (Å²) in [7, 11) is 2.16. The third-order valence-corrected chi connectivity index (χ3v) is 3.65. The number of hydrogen-bond acceptors (Lipinski definition) is 3. The Balaban J connectivity index is 1.95. The quantitative estimate of drug-likeness (QED) is 0.881. The van der Waals surface area contributed by atoms with Crippen LogP contribution >= 0.6 is 0 Å². The molecular formula is C14H20N2O2. The molecule has 1 aliphatic rings. The molecule has 4 heteroatoms. The lowest BCUT2D eigenvalue weighted by atomic mass is 10.1. The number of likely N-dealkylation sites (N-methyl/N-ethyl adjacent to an activating group) is 1. The van der Waals surface area contributed by atoms with Gasteiger partial charge in [-0.05, 0) is 31.7 Å². The molecule has 1 aromatic carbocycles. The maximum atomic E-state index is 10.8. The molecule has 0 radical (unpaired) electrons. The summed E-state index contributed by atoms with van der Waals surface area (Å²) in [6.45, 7) is 6.37. The molecule has 1 N–H and O–H groups in total. The van der Waals surface area contributed by atoms with Crippen LogP contribution in [-0.2, 0) is 6.54 Å². The number of hydrogen-bond donors (Lipinski definition) is 1. The minimum atomic E-state index is -0.866. The van der Waals surface area contributed by atoms with Crippen LogP contribution in [0.1, 0.15) is 22.8 Å². The fourth-order valence-electron chi connectivity index (χ4n) is 2.28. The van der Waals surface area contributed by atoms with Crippen molar-refractivity contribution in [3.63, 3.8) is 0 Å². The van der Waals surface area contributed by atoms with E-state index >= 15 is 0 Å². The first-order chi connectivity index (χ1) is 8.56. The normalized spacial score (nSPS) is 22.0. The summed E-state index contributed by atoms with van der Waals surface area (Å²) in [5.74, 6) is -0.866. The third-order valence-electron chi connectivity index (χ3n) is 3.65. The number of rotatable bonds is 3. The molecule has 0 bridgehead atoms. The topological polar surface area (TPSA) is 43.8 Å². The Bertz CT molecular complexity index is 416. The Morgan fingerprint density at radius 3 is 2.56 bits per heavy atom. The Morgan fingerprint density at radius 1 is 1.33 bits per heavy atom. The maximum absolute atomic E-state index is 10.8. The molecule has 0 amide bonds. The van der Waals surface area contributed by atoms with Gasteiger partial charge in [0.1, 0.15) is 0 Å². The van der Waals surface area contributed by atoms with E-state index in [1.54, 1.807) is 12.1 Å². The van der Waals surface area contributed by atoms with Crippen molar-refractivity contribution in [1.29, 1.82) is 0 Å². The van der Waals surface area contributed by atoms with Gasteiger partial charge in [0.05, 0.1) is 5.56 Å². The molecule has 1 saturated heterocycles. The van der Waals surface area contributed by atoms with E-state index in [4.69, 9.17) is 5.11 Å². The van der Waals surface area contributed by atoms with Gasteiger partial charge >= 0.3 is 5.97 Å². The first kappa shape index (κ1) is 13.1. The highest BCUT2D eigenvalue weighted by Crippen LogP contribution is 2.12. The molecule has 0 saturated carbocycles. The molecule has 1 aromatic rings. The molecule has 1 heterocycles. The summed E-state index contributed by atoms with van der Waals surface area (Å²) in [4.78, 5) is 15.5. The molecule has 1 unspecified atom stereocenters. The highest BCUT2D eigenvalue weighted by atomic mass is 16.4. The van der Waals surface area contributed by atoms with Crippen LogP contribution in [0.5, 0.6) is 0 Å². The molecule has 1 fully saturated rings. The predicted molar refractivity (Wildman–Crippen MR) is 70.8 cm³/mol. The molecular weight excluding hydrogens is 228 g/mol. The number of carbonyl (C=O) groups is 1. The largest absolute Gasteiger partial charge is 0.478 e. The van der Waals surface area contributed by atoms with Crippen LogP contribution in [0.25, 0.3) is 0 Å². The number of carboxylic acid groups (broad SMARTS) is 1. The lowest BCUT2D eigenvalue weighted by Crippen LogP contribution is -2.49. The highest BCUT2D eigenvalue weighted by Gasteiger charge is 2.20. The molecule has 18 heavy (non-hydrogen) atoms. The zero-order chi connectivity index (χ0) is 13.1. The van der Waals surface area contributed by atoms with Crippen LogP contribution in [0.2, 0.25) is 0 Å². The van der Waals surface area contributed by atoms with Crippen molar-refractivity contribution in [3.8, 4) is 0 Å². The van der Waals surface area contributed by atoms with Crippen LogP contribution in [0, 0.1) is 0 Å². The lowest BCUT2D eigenvalue weighted by molar-refractivity contribution is 0.0697. The SMILES string of the molecule is CC1CN(Cc2ccc(C(=O)O)cc2)CCN1C. The van der Waals surface area contributed by atoms with Crippen LogP contribution in [0.15, 0.2) is 24.3 Å². The average Bonchev–Trinajstić information content (AvgIpc) is 2.34. The summed E-state index contributed by atoms with van der Waals surface area (Å²) >= 11 is 0. The van der Waals surface area contributed by atoms with E-state index in [-0.39, 0.29) is 0 Å². The van der Waals surface area contributed by atoms with Gasteiger partial charge in [0.15, 0.2) is 0 Å². The van der Waals surface area contributed by atoms with Crippen molar-refractivity contribution in [2.75, 3.05) is 26.7 Å². The van der Waals surface area contributed by atoms with Crippen molar-refractivity contribution in [2.24, 2.45) is 0 Å². The average molecular weight is 248 g/mol. The Morgan fingerprint density at radius 2 is 2.00 bits per heavy atom. The molecule has 98 valence electrons. The van der Waals surface area contributed by atoms with E-state index in [2.05, 4.69) is 23.8 Å². The number of piperazine rings is 1. The van der Waals surface area contributed by atoms with Crippen molar-refractivity contribution >= 4 is 5.97 Å². The van der Waals surface area contributed by atoms with E-state index < -0.39 is 5.97 Å². The predicted octanol–water partition coefficient (Wildman–Crippen LogP) is 1.52. The molecule has 0 aromatic heterocycles. The number of aromatic carboxylic acids is 1. The summed E-state index contributed by atoms with van der Waals surface area (Å²) in [5.41, 5.74) is 1.53. The van der Waals surface area contributed by atoms with Crippen LogP contribution in [0.3, 0.4) is 0 Å². The third kappa shape index (κ3) is 3.09. The first-order valence-electron chi connectivity index (χ1n) is 6.31. The van der Waals surface area contributed by atoms with E-state index in [1.165, 1.54) is 5.56 Å². The zero-order valence-corrected chi connectivity index (χ0v) is 11.0. The van der Waals surface area contributed by atoms with Crippen molar-refractivity contribution in [3.05, 3.63) is 35.4 Å². The van der Waals surface area contributed by atoms with Gasteiger partial charge in [-0.25, -0.2) is 4.79 Å². The van der Waals surface area contributed by atoms with Gasteiger partial charge in [-0.1, -0.05) is 12.1 Å². The highest BCUT2D eigenvalue weighted by molar-refractivity contribution is 5.87. The van der Waals surface area contributed by atoms with Gasteiger partial charge in [0.2, 0.25) is 0 Å². The molecule has 1 aliphatic heterocycles. The van der Waals surface area contributed by atoms with Crippen LogP contribution < -0.4 is 0 Å². The smallest absolute Gasteiger partial charge is 0.335 e. The van der Waals surface area contributed by atoms with E-state index in [0.717, 1.165) is 26.2 Å². The van der Waals surface area contributed by atoms with Gasteiger partial charge < -0.3 is 10.0 Å². The first-order valence-corrected chi connectivity index (χ1v) is 6.31. The van der Waals surface area contributed by atoms with Gasteiger partial charge in [-0.3, -0.25) is 4.90 Å². The zero-order valence-electron chi connectivity index (χ0n) is 11.0. The van der Waals surface area contributed by atoms with Gasteiger partial charge in [-0.15, -0.1) is 0 Å². The number of carboxylic acids is 1. The van der Waals surface area contributed by atoms with E-state index in [0.29, 0.717) is 11.6 Å². The second-order valence-corrected chi connectivity index (χ2v) is 5.07. The van der Waals surface area contributed by atoms with Crippen LogP contribution in [0.4, 0.5) is 0 Å². The van der Waals surface area contributed by atoms with Gasteiger partial charge in [0.25, 0.3) is 0 Å². The van der Waals surface area contributed by atoms with Crippen molar-refractivity contribution in [2.45, 2.75) is 19.5 Å². The standard InChI is InChI=1S/C14H20N2O2/c1-11-9-16(8-7-15(11)2)10-12-3-5-13(6-4-12)14(17)18/h3-6,11H,7-10H2,1-2H3,(H,17,18). The van der Waals surface area contributed by atoms with Crippen LogP contribution in [-0.4, -0.2) is 53.6 Å². The maximum Gasteiger partial charge on any atom is 0.335 e. The van der Waals surface area contributed by atoms with Gasteiger partial charge in [-0.2, -0.15) is 0 Å². The molecule has 2 rings (SSSR count). The summed E-state index contributed by atoms with van der Waals surface area (Å²) in [6.07, 6.45) is 0. The second-order valence-electron chi connectivity index (χ2n) is 5.07. The lowest BCUT2D eigenvalue weighted by Gasteiger charge is -2.37. The Labute approximate surface area is 108 Å². The minimum absolute atomic E-state index is 0.352. The minimum Gasteiger partial charge on any atom is -0.478 e. The van der Waals surface area contributed by atoms with E-state index in [1.807, 2.05) is 12.1 Å². The Hall–Kier alpha value is -1.39. The molecule has 0 spiro atoms. The monoisotopic (exact) mass is 248 g/mol. The summed E-state index contributed by atoms with van der Waals surface area (Å²) < 4.78 is 0. The summed E-state index contributed by atoms with van der Waals surface area (Å²) in [6, 6.07) is 7.75. The number of benzene rings is 1. The molecule has 4 nitrogen and oxygen atoms in total. The van der Waals surface area contributed by atoms with Gasteiger partial charge in [0, 0.05) is 32.2 Å². The molecule has 1 atom stereocenters. The second kappa shape index (κ2) is 5.50.